The molecule has 1 saturated heterocycles. The van der Waals surface area contributed by atoms with E-state index in [9.17, 15) is 4.79 Å². The Labute approximate surface area is 195 Å². The zero-order chi connectivity index (χ0) is 20.6. The highest BCUT2D eigenvalue weighted by atomic mass is 127. The van der Waals surface area contributed by atoms with Crippen LogP contribution in [0.15, 0.2) is 24.3 Å². The van der Waals surface area contributed by atoms with E-state index < -0.39 is 0 Å². The van der Waals surface area contributed by atoms with Gasteiger partial charge in [0.25, 0.3) is 0 Å². The average Bonchev–Trinajstić information content (AvgIpc) is 2.75. The van der Waals surface area contributed by atoms with Crippen molar-refractivity contribution >= 4 is 28.9 Å². The normalized spacial score (nSPS) is 34.3. The van der Waals surface area contributed by atoms with Crippen molar-refractivity contribution in [1.82, 2.24) is 14.7 Å². The smallest absolute Gasteiger partial charge is 0.137 e. The van der Waals surface area contributed by atoms with Crippen LogP contribution in [0.4, 0.5) is 0 Å². The lowest BCUT2D eigenvalue weighted by atomic mass is 9.74. The highest BCUT2D eigenvalue weighted by molar-refractivity contribution is 14.1. The van der Waals surface area contributed by atoms with Gasteiger partial charge >= 0.3 is 0 Å². The van der Waals surface area contributed by atoms with Gasteiger partial charge in [0.05, 0.1) is 3.42 Å². The molecule has 0 spiro atoms. The Kier molecular flexibility index (Phi) is 6.52. The Bertz CT molecular complexity index is 746. The highest BCUT2D eigenvalue weighted by Gasteiger charge is 2.49. The summed E-state index contributed by atoms with van der Waals surface area (Å²) in [7, 11) is 0. The van der Waals surface area contributed by atoms with E-state index >= 15 is 0 Å². The van der Waals surface area contributed by atoms with Crippen LogP contribution in [0.5, 0.6) is 0 Å². The van der Waals surface area contributed by atoms with Crippen LogP contribution in [0.25, 0.3) is 0 Å². The first-order valence-electron chi connectivity index (χ1n) is 12.1. The van der Waals surface area contributed by atoms with Crippen LogP contribution in [0.3, 0.4) is 0 Å². The molecule has 0 radical (unpaired) electrons. The van der Waals surface area contributed by atoms with Gasteiger partial charge in [0.2, 0.25) is 0 Å². The van der Waals surface area contributed by atoms with Gasteiger partial charge in [-0.2, -0.15) is 0 Å². The maximum atomic E-state index is 12.6. The minimum Gasteiger partial charge on any atom is -0.302 e. The number of halogens is 1. The van der Waals surface area contributed by atoms with Gasteiger partial charge in [-0.25, -0.2) is 0 Å². The predicted octanol–water partition coefficient (Wildman–Crippen LogP) is 3.76. The SMILES string of the molecule is O=CC1(I)C(CN2CCN(C3CCC3)CC2)CCCC1N1CCc2ccccc2C1. The van der Waals surface area contributed by atoms with E-state index in [0.29, 0.717) is 12.0 Å². The van der Waals surface area contributed by atoms with Gasteiger partial charge in [-0.05, 0) is 49.1 Å². The van der Waals surface area contributed by atoms with Gasteiger partial charge in [-0.3, -0.25) is 9.80 Å². The van der Waals surface area contributed by atoms with Crippen LogP contribution in [0.2, 0.25) is 0 Å². The first kappa shape index (κ1) is 21.4. The van der Waals surface area contributed by atoms with E-state index in [1.165, 1.54) is 75.7 Å². The molecule has 0 aromatic heterocycles. The molecule has 1 aromatic rings. The van der Waals surface area contributed by atoms with Crippen molar-refractivity contribution in [1.29, 1.82) is 0 Å². The predicted molar refractivity (Wildman–Crippen MR) is 130 cm³/mol. The number of aldehydes is 1. The summed E-state index contributed by atoms with van der Waals surface area (Å²) in [6.07, 6.45) is 10.3. The molecule has 2 aliphatic heterocycles. The fraction of sp³-hybridized carbons (Fsp3) is 0.720. The summed E-state index contributed by atoms with van der Waals surface area (Å²) in [6.45, 7) is 8.00. The molecular weight excluding hydrogens is 485 g/mol. The fourth-order valence-electron chi connectivity index (χ4n) is 6.30. The third-order valence-electron chi connectivity index (χ3n) is 8.42. The summed E-state index contributed by atoms with van der Waals surface area (Å²) in [5, 5.41) is 0. The molecule has 0 bridgehead atoms. The Morgan fingerprint density at radius 1 is 0.933 bits per heavy atom. The third-order valence-corrected chi connectivity index (χ3v) is 10.3. The van der Waals surface area contributed by atoms with Crippen molar-refractivity contribution in [3.63, 3.8) is 0 Å². The minimum atomic E-state index is -0.257. The lowest BCUT2D eigenvalue weighted by Gasteiger charge is -2.50. The molecule has 2 saturated carbocycles. The number of carbonyl (C=O) groups is 1. The van der Waals surface area contributed by atoms with Gasteiger partial charge in [-0.1, -0.05) is 59.7 Å². The van der Waals surface area contributed by atoms with E-state index in [2.05, 4.69) is 61.6 Å². The molecule has 2 aliphatic carbocycles. The molecule has 1 aromatic carbocycles. The summed E-state index contributed by atoms with van der Waals surface area (Å²) in [6, 6.07) is 10.1. The van der Waals surface area contributed by atoms with E-state index in [-0.39, 0.29) is 3.42 Å². The van der Waals surface area contributed by atoms with E-state index in [1.54, 1.807) is 0 Å². The van der Waals surface area contributed by atoms with Crippen molar-refractivity contribution in [2.75, 3.05) is 39.3 Å². The number of alkyl halides is 1. The van der Waals surface area contributed by atoms with Crippen LogP contribution >= 0.6 is 22.6 Å². The first-order chi connectivity index (χ1) is 14.7. The second kappa shape index (κ2) is 9.16. The molecule has 3 fully saturated rings. The monoisotopic (exact) mass is 521 g/mol. The number of carbonyl (C=O) groups excluding carboxylic acids is 1. The summed E-state index contributed by atoms with van der Waals surface area (Å²) in [4.78, 5) is 20.6. The molecule has 5 rings (SSSR count). The summed E-state index contributed by atoms with van der Waals surface area (Å²) >= 11 is 2.56. The van der Waals surface area contributed by atoms with Gasteiger partial charge in [0, 0.05) is 57.9 Å². The maximum absolute atomic E-state index is 12.6. The van der Waals surface area contributed by atoms with E-state index in [0.717, 1.165) is 38.5 Å². The molecule has 30 heavy (non-hydrogen) atoms. The quantitative estimate of drug-likeness (QED) is 0.335. The van der Waals surface area contributed by atoms with Crippen molar-refractivity contribution in [2.45, 2.75) is 67.0 Å². The van der Waals surface area contributed by atoms with Crippen molar-refractivity contribution in [3.05, 3.63) is 35.4 Å². The molecule has 2 heterocycles. The number of rotatable bonds is 5. The number of hydrogen-bond donors (Lipinski definition) is 0. The van der Waals surface area contributed by atoms with Crippen LogP contribution < -0.4 is 0 Å². The van der Waals surface area contributed by atoms with Gasteiger partial charge in [-0.15, -0.1) is 0 Å². The van der Waals surface area contributed by atoms with Crippen LogP contribution in [-0.4, -0.2) is 75.8 Å². The van der Waals surface area contributed by atoms with Gasteiger partial charge < -0.3 is 9.69 Å². The van der Waals surface area contributed by atoms with Gasteiger partial charge in [0.1, 0.15) is 6.29 Å². The van der Waals surface area contributed by atoms with Crippen molar-refractivity contribution in [3.8, 4) is 0 Å². The lowest BCUT2D eigenvalue weighted by Crippen LogP contribution is -2.60. The van der Waals surface area contributed by atoms with Crippen LogP contribution in [0, 0.1) is 5.92 Å². The molecule has 0 amide bonds. The molecular formula is C25H36IN3O. The Morgan fingerprint density at radius 2 is 1.67 bits per heavy atom. The Balaban J connectivity index is 1.24. The average molecular weight is 521 g/mol. The standard InChI is InChI=1S/C25H36IN3O/c26-25(19-30)22(18-27-13-15-28(16-14-27)23-8-4-9-23)7-3-10-24(25)29-12-11-20-5-1-2-6-21(20)17-29/h1-2,5-6,19,22-24H,3-4,7-18H2. The molecule has 0 N–H and O–H groups in total. The zero-order valence-corrected chi connectivity index (χ0v) is 20.3. The minimum absolute atomic E-state index is 0.257. The molecule has 4 nitrogen and oxygen atoms in total. The summed E-state index contributed by atoms with van der Waals surface area (Å²) in [5.41, 5.74) is 2.96. The first-order valence-corrected chi connectivity index (χ1v) is 13.2. The number of hydrogen-bond acceptors (Lipinski definition) is 4. The number of nitrogens with zero attached hydrogens (tertiary/aromatic N) is 3. The van der Waals surface area contributed by atoms with Crippen LogP contribution in [0.1, 0.15) is 49.7 Å². The van der Waals surface area contributed by atoms with Gasteiger partial charge in [0.15, 0.2) is 0 Å². The van der Waals surface area contributed by atoms with Crippen LogP contribution in [-0.2, 0) is 17.8 Å². The lowest BCUT2D eigenvalue weighted by molar-refractivity contribution is -0.114. The molecule has 3 atom stereocenters. The third kappa shape index (κ3) is 4.12. The van der Waals surface area contributed by atoms with E-state index in [1.807, 2.05) is 0 Å². The second-order valence-corrected chi connectivity index (χ2v) is 11.9. The van der Waals surface area contributed by atoms with E-state index in [4.69, 9.17) is 0 Å². The summed E-state index contributed by atoms with van der Waals surface area (Å²) in [5.74, 6) is 0.474. The number of benzene rings is 1. The zero-order valence-electron chi connectivity index (χ0n) is 18.1. The van der Waals surface area contributed by atoms with Crippen molar-refractivity contribution < 1.29 is 4.79 Å². The largest absolute Gasteiger partial charge is 0.302 e. The Hall–Kier alpha value is -0.500. The second-order valence-electron chi connectivity index (χ2n) is 10.00. The summed E-state index contributed by atoms with van der Waals surface area (Å²) < 4.78 is -0.257. The number of piperazine rings is 1. The molecule has 164 valence electrons. The Morgan fingerprint density at radius 3 is 2.37 bits per heavy atom. The molecule has 5 heteroatoms. The maximum Gasteiger partial charge on any atom is 0.137 e. The fourth-order valence-corrected chi connectivity index (χ4v) is 7.51. The topological polar surface area (TPSA) is 26.8 Å². The highest BCUT2D eigenvalue weighted by Crippen LogP contribution is 2.44. The molecule has 4 aliphatic rings. The van der Waals surface area contributed by atoms with Crippen molar-refractivity contribution in [2.24, 2.45) is 5.92 Å². The number of fused-ring (bicyclic) bond motifs is 1. The molecule has 3 unspecified atom stereocenters.